The smallest absolute Gasteiger partial charge is 0.294 e. The standard InChI is InChI=1S/C10H13BrN2O.C7H8O3S/c1-7-9(11)2-3-10(13-7)14-6-8-4-5-12-8;1-6-2-4-7(5-3-6)11(8,9)10/h2-3,8,12H,4-6H2,1H3;2-5H,1H3,(H,8,9,10)/t8-;/m1./s1. The van der Waals surface area contributed by atoms with Gasteiger partial charge in [0.1, 0.15) is 6.61 Å². The Bertz CT molecular complexity index is 806. The van der Waals surface area contributed by atoms with E-state index in [4.69, 9.17) is 9.29 Å². The van der Waals surface area contributed by atoms with Crippen LogP contribution in [0.4, 0.5) is 0 Å². The minimum Gasteiger partial charge on any atom is -0.476 e. The number of hydrogen-bond donors (Lipinski definition) is 2. The Morgan fingerprint density at radius 3 is 2.36 bits per heavy atom. The van der Waals surface area contributed by atoms with Crippen molar-refractivity contribution in [2.24, 2.45) is 0 Å². The normalized spacial score (nSPS) is 16.4. The van der Waals surface area contributed by atoms with Crippen molar-refractivity contribution < 1.29 is 17.7 Å². The first-order valence-electron chi connectivity index (χ1n) is 7.79. The molecule has 2 aromatic rings. The molecule has 0 aliphatic carbocycles. The number of halogens is 1. The zero-order chi connectivity index (χ0) is 18.4. The molecular weight excluding hydrogens is 408 g/mol. The molecule has 0 unspecified atom stereocenters. The Labute approximate surface area is 156 Å². The van der Waals surface area contributed by atoms with Crippen LogP contribution in [0.2, 0.25) is 0 Å². The van der Waals surface area contributed by atoms with Gasteiger partial charge in [0.25, 0.3) is 10.1 Å². The van der Waals surface area contributed by atoms with Crippen LogP contribution in [-0.4, -0.2) is 37.1 Å². The third kappa shape index (κ3) is 6.39. The van der Waals surface area contributed by atoms with Gasteiger partial charge in [0.2, 0.25) is 5.88 Å². The molecule has 8 heteroatoms. The van der Waals surface area contributed by atoms with E-state index in [0.717, 1.165) is 22.3 Å². The van der Waals surface area contributed by atoms with E-state index < -0.39 is 10.1 Å². The highest BCUT2D eigenvalue weighted by Crippen LogP contribution is 2.18. The van der Waals surface area contributed by atoms with Crippen molar-refractivity contribution in [1.29, 1.82) is 0 Å². The summed E-state index contributed by atoms with van der Waals surface area (Å²) in [5.74, 6) is 0.708. The fourth-order valence-electron chi connectivity index (χ4n) is 1.99. The molecule has 0 saturated carbocycles. The van der Waals surface area contributed by atoms with Gasteiger partial charge in [-0.05, 0) is 60.9 Å². The Morgan fingerprint density at radius 2 is 1.88 bits per heavy atom. The molecule has 3 rings (SSSR count). The lowest BCUT2D eigenvalue weighted by atomic mass is 10.1. The molecule has 1 aromatic heterocycles. The minimum atomic E-state index is -4.02. The summed E-state index contributed by atoms with van der Waals surface area (Å²) in [6, 6.07) is 10.4. The molecule has 0 bridgehead atoms. The van der Waals surface area contributed by atoms with Gasteiger partial charge in [0.05, 0.1) is 10.6 Å². The van der Waals surface area contributed by atoms with Gasteiger partial charge in [-0.25, -0.2) is 4.98 Å². The van der Waals surface area contributed by atoms with Gasteiger partial charge in [-0.3, -0.25) is 4.55 Å². The lowest BCUT2D eigenvalue weighted by Gasteiger charge is -2.27. The van der Waals surface area contributed by atoms with E-state index in [1.165, 1.54) is 18.6 Å². The lowest BCUT2D eigenvalue weighted by molar-refractivity contribution is 0.211. The van der Waals surface area contributed by atoms with Crippen LogP contribution in [0.25, 0.3) is 0 Å². The first-order valence-corrected chi connectivity index (χ1v) is 10.0. The summed E-state index contributed by atoms with van der Waals surface area (Å²) in [5.41, 5.74) is 1.92. The molecule has 0 spiro atoms. The van der Waals surface area contributed by atoms with Gasteiger partial charge in [0.15, 0.2) is 0 Å². The van der Waals surface area contributed by atoms with Crippen LogP contribution in [0, 0.1) is 13.8 Å². The second-order valence-corrected chi connectivity index (χ2v) is 8.03. The van der Waals surface area contributed by atoms with Crippen LogP contribution in [0.5, 0.6) is 5.88 Å². The summed E-state index contributed by atoms with van der Waals surface area (Å²) in [7, 11) is -4.02. The monoisotopic (exact) mass is 428 g/mol. The Morgan fingerprint density at radius 1 is 1.24 bits per heavy atom. The summed E-state index contributed by atoms with van der Waals surface area (Å²) in [5, 5.41) is 3.28. The van der Waals surface area contributed by atoms with Crippen LogP contribution >= 0.6 is 15.9 Å². The maximum atomic E-state index is 10.5. The molecule has 2 N–H and O–H groups in total. The van der Waals surface area contributed by atoms with Crippen molar-refractivity contribution in [2.75, 3.05) is 13.2 Å². The maximum Gasteiger partial charge on any atom is 0.294 e. The van der Waals surface area contributed by atoms with Crippen molar-refractivity contribution in [1.82, 2.24) is 10.3 Å². The van der Waals surface area contributed by atoms with E-state index in [-0.39, 0.29) is 4.90 Å². The number of hydrogen-bond acceptors (Lipinski definition) is 5. The summed E-state index contributed by atoms with van der Waals surface area (Å²) in [6.07, 6.45) is 1.20. The molecule has 0 amide bonds. The Kier molecular flexibility index (Phi) is 6.95. The van der Waals surface area contributed by atoms with Gasteiger partial charge in [0, 0.05) is 16.6 Å². The number of benzene rings is 1. The van der Waals surface area contributed by atoms with E-state index in [9.17, 15) is 8.42 Å². The quantitative estimate of drug-likeness (QED) is 0.727. The molecule has 1 fully saturated rings. The Hall–Kier alpha value is -1.48. The highest BCUT2D eigenvalue weighted by atomic mass is 79.9. The van der Waals surface area contributed by atoms with Crippen LogP contribution in [0.15, 0.2) is 45.8 Å². The maximum absolute atomic E-state index is 10.5. The van der Waals surface area contributed by atoms with Gasteiger partial charge in [-0.15, -0.1) is 0 Å². The second kappa shape index (κ2) is 8.75. The number of ether oxygens (including phenoxy) is 1. The van der Waals surface area contributed by atoms with E-state index >= 15 is 0 Å². The molecule has 1 aliphatic rings. The van der Waals surface area contributed by atoms with Crippen molar-refractivity contribution in [3.8, 4) is 5.88 Å². The highest BCUT2D eigenvalue weighted by Gasteiger charge is 2.16. The van der Waals surface area contributed by atoms with Crippen molar-refractivity contribution in [2.45, 2.75) is 31.2 Å². The van der Waals surface area contributed by atoms with E-state index in [1.54, 1.807) is 12.1 Å². The van der Waals surface area contributed by atoms with Crippen molar-refractivity contribution in [3.63, 3.8) is 0 Å². The van der Waals surface area contributed by atoms with Crippen LogP contribution in [-0.2, 0) is 10.1 Å². The van der Waals surface area contributed by atoms with E-state index in [0.29, 0.717) is 18.5 Å². The number of nitrogens with one attached hydrogen (secondary N) is 1. The van der Waals surface area contributed by atoms with Gasteiger partial charge >= 0.3 is 0 Å². The Balaban J connectivity index is 0.000000186. The first-order chi connectivity index (χ1) is 11.8. The molecule has 6 nitrogen and oxygen atoms in total. The summed E-state index contributed by atoms with van der Waals surface area (Å²) < 4.78 is 36.1. The van der Waals surface area contributed by atoms with Crippen LogP contribution < -0.4 is 10.1 Å². The molecule has 1 aromatic carbocycles. The number of aryl methyl sites for hydroxylation is 2. The summed E-state index contributed by atoms with van der Waals surface area (Å²) >= 11 is 3.40. The number of aromatic nitrogens is 1. The third-order valence-corrected chi connectivity index (χ3v) is 5.38. The molecule has 1 aliphatic heterocycles. The largest absolute Gasteiger partial charge is 0.476 e. The molecule has 25 heavy (non-hydrogen) atoms. The second-order valence-electron chi connectivity index (χ2n) is 5.76. The number of nitrogens with zero attached hydrogens (tertiary/aromatic N) is 1. The predicted molar refractivity (Wildman–Crippen MR) is 99.6 cm³/mol. The van der Waals surface area contributed by atoms with Crippen LogP contribution in [0.3, 0.4) is 0 Å². The topological polar surface area (TPSA) is 88.5 Å². The van der Waals surface area contributed by atoms with Crippen molar-refractivity contribution in [3.05, 3.63) is 52.1 Å². The number of rotatable bonds is 4. The minimum absolute atomic E-state index is 0.0666. The van der Waals surface area contributed by atoms with E-state index in [1.807, 2.05) is 26.0 Å². The van der Waals surface area contributed by atoms with Gasteiger partial charge in [-0.1, -0.05) is 17.7 Å². The summed E-state index contributed by atoms with van der Waals surface area (Å²) in [6.45, 7) is 5.63. The third-order valence-electron chi connectivity index (χ3n) is 3.67. The molecule has 1 saturated heterocycles. The molecular formula is C17H21BrN2O4S. The lowest BCUT2D eigenvalue weighted by Crippen LogP contribution is -2.46. The molecule has 0 radical (unpaired) electrons. The first kappa shape index (κ1) is 19.8. The zero-order valence-electron chi connectivity index (χ0n) is 14.1. The molecule has 2 heterocycles. The highest BCUT2D eigenvalue weighted by molar-refractivity contribution is 9.10. The SMILES string of the molecule is Cc1ccc(S(=O)(=O)O)cc1.Cc1nc(OC[C@H]2CCN2)ccc1Br. The fraction of sp³-hybridized carbons (Fsp3) is 0.353. The van der Waals surface area contributed by atoms with Crippen molar-refractivity contribution >= 4 is 26.0 Å². The van der Waals surface area contributed by atoms with Crippen LogP contribution in [0.1, 0.15) is 17.7 Å². The van der Waals surface area contributed by atoms with Gasteiger partial charge in [-0.2, -0.15) is 8.42 Å². The summed E-state index contributed by atoms with van der Waals surface area (Å²) in [4.78, 5) is 4.24. The average Bonchev–Trinajstić information content (AvgIpc) is 2.49. The molecule has 1 atom stereocenters. The number of pyridine rings is 1. The van der Waals surface area contributed by atoms with Gasteiger partial charge < -0.3 is 10.1 Å². The van der Waals surface area contributed by atoms with E-state index in [2.05, 4.69) is 26.2 Å². The zero-order valence-corrected chi connectivity index (χ0v) is 16.5. The fourth-order valence-corrected chi connectivity index (χ4v) is 2.69. The molecule has 136 valence electrons. The average molecular weight is 429 g/mol. The predicted octanol–water partition coefficient (Wildman–Crippen LogP) is 3.13.